The van der Waals surface area contributed by atoms with Crippen LogP contribution in [0.1, 0.15) is 32.4 Å². The molecule has 1 aromatic heterocycles. The van der Waals surface area contributed by atoms with Gasteiger partial charge in [0.1, 0.15) is 0 Å². The smallest absolute Gasteiger partial charge is 0.242 e. The Labute approximate surface area is 126 Å². The number of aromatic nitrogens is 1. The van der Waals surface area contributed by atoms with Gasteiger partial charge in [-0.1, -0.05) is 6.92 Å². The summed E-state index contributed by atoms with van der Waals surface area (Å²) < 4.78 is 28.9. The maximum absolute atomic E-state index is 12.3. The quantitative estimate of drug-likeness (QED) is 0.706. The van der Waals surface area contributed by atoms with Crippen LogP contribution in [-0.4, -0.2) is 48.7 Å². The number of aliphatic hydroxyl groups excluding tert-OH is 1. The first-order valence-electron chi connectivity index (χ1n) is 7.55. The molecular weight excluding hydrogens is 290 g/mol. The molecule has 6 nitrogen and oxygen atoms in total. The molecule has 1 heterocycles. The van der Waals surface area contributed by atoms with E-state index in [1.54, 1.807) is 10.8 Å². The van der Waals surface area contributed by atoms with Gasteiger partial charge >= 0.3 is 0 Å². The fraction of sp³-hybridized carbons (Fsp3) is 0.714. The summed E-state index contributed by atoms with van der Waals surface area (Å²) in [5.41, 5.74) is 0.617. The number of rotatable bonds is 9. The summed E-state index contributed by atoms with van der Waals surface area (Å²) in [6.07, 6.45) is 4.02. The van der Waals surface area contributed by atoms with Crippen molar-refractivity contribution < 1.29 is 13.5 Å². The highest BCUT2D eigenvalue weighted by atomic mass is 32.2. The molecule has 0 amide bonds. The summed E-state index contributed by atoms with van der Waals surface area (Å²) in [6, 6.07) is 2.17. The van der Waals surface area contributed by atoms with Crippen molar-refractivity contribution in [3.05, 3.63) is 18.0 Å². The van der Waals surface area contributed by atoms with Gasteiger partial charge in [-0.3, -0.25) is 4.90 Å². The lowest BCUT2D eigenvalue weighted by atomic mass is 10.4. The summed E-state index contributed by atoms with van der Waals surface area (Å²) in [5, 5.41) is 9.23. The number of nitrogens with one attached hydrogen (secondary N) is 1. The fourth-order valence-electron chi connectivity index (χ4n) is 2.54. The molecule has 7 heteroatoms. The Kier molecular flexibility index (Phi) is 5.43. The van der Waals surface area contributed by atoms with Crippen LogP contribution in [0.2, 0.25) is 0 Å². The lowest BCUT2D eigenvalue weighted by Gasteiger charge is -2.19. The topological polar surface area (TPSA) is 74.6 Å². The molecule has 1 saturated carbocycles. The zero-order chi connectivity index (χ0) is 15.5. The van der Waals surface area contributed by atoms with Gasteiger partial charge in [-0.25, -0.2) is 13.1 Å². The Morgan fingerprint density at radius 3 is 2.62 bits per heavy atom. The van der Waals surface area contributed by atoms with E-state index in [1.165, 1.54) is 18.9 Å². The summed E-state index contributed by atoms with van der Waals surface area (Å²) >= 11 is 0. The molecule has 0 aliphatic heterocycles. The zero-order valence-electron chi connectivity index (χ0n) is 12.7. The average Bonchev–Trinajstić information content (AvgIpc) is 3.21. The van der Waals surface area contributed by atoms with Crippen molar-refractivity contribution in [3.8, 4) is 0 Å². The second-order valence-corrected chi connectivity index (χ2v) is 7.14. The Hall–Kier alpha value is -0.890. The maximum atomic E-state index is 12.3. The number of hydrogen-bond acceptors (Lipinski definition) is 4. The van der Waals surface area contributed by atoms with Gasteiger partial charge in [0.15, 0.2) is 0 Å². The van der Waals surface area contributed by atoms with E-state index >= 15 is 0 Å². The van der Waals surface area contributed by atoms with Crippen molar-refractivity contribution in [2.24, 2.45) is 0 Å². The zero-order valence-corrected chi connectivity index (χ0v) is 13.6. The maximum Gasteiger partial charge on any atom is 0.242 e. The molecule has 0 saturated heterocycles. The molecule has 1 fully saturated rings. The van der Waals surface area contributed by atoms with Crippen molar-refractivity contribution in [1.82, 2.24) is 14.2 Å². The van der Waals surface area contributed by atoms with E-state index in [-0.39, 0.29) is 11.5 Å². The summed E-state index contributed by atoms with van der Waals surface area (Å²) in [4.78, 5) is 2.53. The number of aliphatic hydroxyl groups is 1. The van der Waals surface area contributed by atoms with Crippen LogP contribution in [0.4, 0.5) is 0 Å². The second-order valence-electron chi connectivity index (χ2n) is 5.37. The lowest BCUT2D eigenvalue weighted by molar-refractivity contribution is 0.271. The van der Waals surface area contributed by atoms with E-state index < -0.39 is 10.0 Å². The average molecular weight is 315 g/mol. The van der Waals surface area contributed by atoms with Crippen LogP contribution in [0.15, 0.2) is 17.2 Å². The Balaban J connectivity index is 1.96. The van der Waals surface area contributed by atoms with Gasteiger partial charge in [0.25, 0.3) is 0 Å². The number of sulfonamides is 1. The molecule has 0 bridgehead atoms. The number of hydrogen-bond donors (Lipinski definition) is 2. The van der Waals surface area contributed by atoms with Crippen molar-refractivity contribution in [2.75, 3.05) is 19.6 Å². The van der Waals surface area contributed by atoms with Gasteiger partial charge in [-0.05, 0) is 32.4 Å². The molecule has 1 aliphatic carbocycles. The molecular formula is C14H25N3O3S. The van der Waals surface area contributed by atoms with E-state index in [0.717, 1.165) is 13.1 Å². The molecule has 1 aromatic rings. The molecule has 2 N–H and O–H groups in total. The van der Waals surface area contributed by atoms with E-state index in [0.29, 0.717) is 24.8 Å². The van der Waals surface area contributed by atoms with E-state index in [2.05, 4.69) is 16.5 Å². The first-order chi connectivity index (χ1) is 10.0. The molecule has 0 unspecified atom stereocenters. The number of aryl methyl sites for hydroxylation is 1. The molecule has 0 atom stereocenters. The first-order valence-corrected chi connectivity index (χ1v) is 9.03. The fourth-order valence-corrected chi connectivity index (χ4v) is 3.63. The largest absolute Gasteiger partial charge is 0.390 e. The van der Waals surface area contributed by atoms with E-state index in [1.807, 2.05) is 6.92 Å². The van der Waals surface area contributed by atoms with E-state index in [4.69, 9.17) is 0 Å². The normalized spacial score (nSPS) is 15.8. The molecule has 0 radical (unpaired) electrons. The van der Waals surface area contributed by atoms with Gasteiger partial charge in [-0.15, -0.1) is 0 Å². The highest BCUT2D eigenvalue weighted by Gasteiger charge is 2.27. The highest BCUT2D eigenvalue weighted by Crippen LogP contribution is 2.25. The molecule has 21 heavy (non-hydrogen) atoms. The van der Waals surface area contributed by atoms with Crippen LogP contribution in [0.3, 0.4) is 0 Å². The summed E-state index contributed by atoms with van der Waals surface area (Å²) in [7, 11) is -3.50. The van der Waals surface area contributed by atoms with Gasteiger partial charge in [0.2, 0.25) is 10.0 Å². The Morgan fingerprint density at radius 2 is 2.14 bits per heavy atom. The molecule has 120 valence electrons. The van der Waals surface area contributed by atoms with Crippen LogP contribution in [-0.2, 0) is 23.2 Å². The summed E-state index contributed by atoms with van der Waals surface area (Å²) in [6.45, 7) is 6.60. The van der Waals surface area contributed by atoms with Crippen LogP contribution in [0.5, 0.6) is 0 Å². The van der Waals surface area contributed by atoms with Crippen LogP contribution in [0, 0.1) is 0 Å². The minimum absolute atomic E-state index is 0.158. The standard InChI is InChI=1S/C14H25N3O3S/c1-3-16(12-5-6-12)8-7-15-21(19,20)14-9-13(11-18)17(4-2)10-14/h9-10,12,15,18H,3-8,11H2,1-2H3. The Morgan fingerprint density at radius 1 is 1.43 bits per heavy atom. The minimum Gasteiger partial charge on any atom is -0.390 e. The van der Waals surface area contributed by atoms with Gasteiger partial charge < -0.3 is 9.67 Å². The number of likely N-dealkylation sites (N-methyl/N-ethyl adjacent to an activating group) is 1. The van der Waals surface area contributed by atoms with Crippen LogP contribution < -0.4 is 4.72 Å². The second kappa shape index (κ2) is 6.91. The molecule has 0 aromatic carbocycles. The van der Waals surface area contributed by atoms with Crippen molar-refractivity contribution in [1.29, 1.82) is 0 Å². The van der Waals surface area contributed by atoms with Gasteiger partial charge in [-0.2, -0.15) is 0 Å². The van der Waals surface area contributed by atoms with Gasteiger partial charge in [0, 0.05) is 37.6 Å². The predicted molar refractivity (Wildman–Crippen MR) is 81.5 cm³/mol. The molecule has 2 rings (SSSR count). The first kappa shape index (κ1) is 16.5. The lowest BCUT2D eigenvalue weighted by Crippen LogP contribution is -2.36. The summed E-state index contributed by atoms with van der Waals surface area (Å²) in [5.74, 6) is 0. The third kappa shape index (κ3) is 4.06. The SMILES string of the molecule is CCN(CCNS(=O)(=O)c1cc(CO)n(CC)c1)C1CC1. The van der Waals surface area contributed by atoms with Crippen molar-refractivity contribution in [2.45, 2.75) is 50.8 Å². The third-order valence-corrected chi connectivity index (χ3v) is 5.36. The predicted octanol–water partition coefficient (Wildman–Crippen LogP) is 0.763. The monoisotopic (exact) mass is 315 g/mol. The molecule has 1 aliphatic rings. The van der Waals surface area contributed by atoms with Crippen LogP contribution in [0.25, 0.3) is 0 Å². The third-order valence-electron chi connectivity index (χ3n) is 3.93. The molecule has 0 spiro atoms. The van der Waals surface area contributed by atoms with Crippen molar-refractivity contribution >= 4 is 10.0 Å². The number of nitrogens with zero attached hydrogens (tertiary/aromatic N) is 2. The van der Waals surface area contributed by atoms with Crippen LogP contribution >= 0.6 is 0 Å². The van der Waals surface area contributed by atoms with Crippen molar-refractivity contribution in [3.63, 3.8) is 0 Å². The Bertz CT molecular complexity index is 543. The minimum atomic E-state index is -3.50. The highest BCUT2D eigenvalue weighted by molar-refractivity contribution is 7.89. The van der Waals surface area contributed by atoms with Gasteiger partial charge in [0.05, 0.1) is 11.5 Å². The van der Waals surface area contributed by atoms with E-state index in [9.17, 15) is 13.5 Å².